The number of benzene rings is 1. The molecule has 1 aromatic carbocycles. The molecule has 0 amide bonds. The third-order valence-electron chi connectivity index (χ3n) is 2.51. The molecule has 1 aromatic rings. The minimum absolute atomic E-state index is 0.113. The molecule has 5 heteroatoms. The fraction of sp³-hybridized carbons (Fsp3) is 0.455. The molecular formula is C11H15O4S. The van der Waals surface area contributed by atoms with Crippen molar-refractivity contribution in [3.8, 4) is 0 Å². The monoisotopic (exact) mass is 243 g/mol. The van der Waals surface area contributed by atoms with Gasteiger partial charge in [-0.1, -0.05) is 0 Å². The highest BCUT2D eigenvalue weighted by Gasteiger charge is 2.16. The molecule has 0 bridgehead atoms. The van der Waals surface area contributed by atoms with Crippen LogP contribution in [-0.2, 0) is 19.4 Å². The van der Waals surface area contributed by atoms with Crippen molar-refractivity contribution in [3.63, 3.8) is 0 Å². The van der Waals surface area contributed by atoms with Crippen LogP contribution in [-0.4, -0.2) is 21.6 Å². The van der Waals surface area contributed by atoms with Crippen molar-refractivity contribution in [1.82, 2.24) is 0 Å². The molecule has 1 rings (SSSR count). The summed E-state index contributed by atoms with van der Waals surface area (Å²) in [5.74, 6) is 0. The Kier molecular flexibility index (Phi) is 4.07. The van der Waals surface area contributed by atoms with Crippen molar-refractivity contribution >= 4 is 10.1 Å². The number of hydrogen-bond acceptors (Lipinski definition) is 3. The van der Waals surface area contributed by atoms with Gasteiger partial charge in [0.15, 0.2) is 0 Å². The van der Waals surface area contributed by atoms with Gasteiger partial charge in [0.25, 0.3) is 10.1 Å². The van der Waals surface area contributed by atoms with E-state index in [1.807, 2.05) is 20.8 Å². The zero-order valence-corrected chi connectivity index (χ0v) is 10.4. The van der Waals surface area contributed by atoms with E-state index in [2.05, 4.69) is 4.18 Å². The van der Waals surface area contributed by atoms with Crippen LogP contribution < -0.4 is 0 Å². The Morgan fingerprint density at radius 1 is 1.12 bits per heavy atom. The van der Waals surface area contributed by atoms with Crippen LogP contribution in [0.5, 0.6) is 0 Å². The van der Waals surface area contributed by atoms with E-state index in [-0.39, 0.29) is 11.5 Å². The molecule has 1 radical (unpaired) electrons. The quantitative estimate of drug-likeness (QED) is 0.757. The molecule has 0 saturated heterocycles. The van der Waals surface area contributed by atoms with Crippen LogP contribution in [0.1, 0.15) is 16.7 Å². The molecule has 0 N–H and O–H groups in total. The number of hydrogen-bond donors (Lipinski definition) is 0. The molecule has 4 nitrogen and oxygen atoms in total. The Hall–Kier alpha value is -0.910. The lowest BCUT2D eigenvalue weighted by molar-refractivity contribution is 0.141. The van der Waals surface area contributed by atoms with E-state index in [1.165, 1.54) is 0 Å². The summed E-state index contributed by atoms with van der Waals surface area (Å²) in [4.78, 5) is 0.113. The normalized spacial score (nSPS) is 11.8. The summed E-state index contributed by atoms with van der Waals surface area (Å²) >= 11 is 0. The highest BCUT2D eigenvalue weighted by atomic mass is 32.2. The summed E-state index contributed by atoms with van der Waals surface area (Å²) in [5, 5.41) is 10.2. The maximum absolute atomic E-state index is 11.6. The first-order valence-electron chi connectivity index (χ1n) is 4.94. The lowest BCUT2D eigenvalue weighted by atomic mass is 10.1. The van der Waals surface area contributed by atoms with Gasteiger partial charge in [-0.05, 0) is 49.6 Å². The largest absolute Gasteiger partial charge is 0.297 e. The van der Waals surface area contributed by atoms with Gasteiger partial charge in [-0.2, -0.15) is 8.42 Å². The maximum Gasteiger partial charge on any atom is 0.297 e. The van der Waals surface area contributed by atoms with E-state index >= 15 is 0 Å². The minimum atomic E-state index is -3.78. The maximum atomic E-state index is 11.6. The Labute approximate surface area is 96.0 Å². The van der Waals surface area contributed by atoms with Crippen LogP contribution in [0.15, 0.2) is 17.0 Å². The zero-order chi connectivity index (χ0) is 12.3. The molecule has 0 atom stereocenters. The zero-order valence-electron chi connectivity index (χ0n) is 9.61. The topological polar surface area (TPSA) is 63.3 Å². The smallest absolute Gasteiger partial charge is 0.264 e. The van der Waals surface area contributed by atoms with Crippen LogP contribution in [0.25, 0.3) is 0 Å². The molecule has 0 saturated carbocycles. The van der Waals surface area contributed by atoms with Crippen molar-refractivity contribution in [1.29, 1.82) is 0 Å². The molecule has 0 unspecified atom stereocenters. The van der Waals surface area contributed by atoms with E-state index in [0.717, 1.165) is 16.7 Å². The van der Waals surface area contributed by atoms with E-state index < -0.39 is 16.7 Å². The van der Waals surface area contributed by atoms with Gasteiger partial charge in [-0.15, -0.1) is 0 Å². The van der Waals surface area contributed by atoms with Gasteiger partial charge in [0.05, 0.1) is 11.5 Å². The predicted molar refractivity (Wildman–Crippen MR) is 59.3 cm³/mol. The molecule has 0 aliphatic heterocycles. The molecule has 89 valence electrons. The second-order valence-corrected chi connectivity index (χ2v) is 5.28. The van der Waals surface area contributed by atoms with Crippen molar-refractivity contribution in [3.05, 3.63) is 28.8 Å². The Balaban J connectivity index is 3.14. The Bertz CT molecular complexity index is 454. The molecule has 0 aliphatic carbocycles. The van der Waals surface area contributed by atoms with E-state index in [1.54, 1.807) is 12.1 Å². The molecule has 0 aliphatic rings. The molecule has 16 heavy (non-hydrogen) atoms. The third-order valence-corrected chi connectivity index (χ3v) is 3.80. The van der Waals surface area contributed by atoms with Crippen molar-refractivity contribution in [2.24, 2.45) is 0 Å². The summed E-state index contributed by atoms with van der Waals surface area (Å²) in [7, 11) is -3.78. The molecular weight excluding hydrogens is 228 g/mol. The standard InChI is InChI=1S/C11H15O4S/c1-8-6-11(7-9(2)10(8)3)16(13,14)15-5-4-12/h6-7H,4-5H2,1-3H3. The minimum Gasteiger partial charge on any atom is -0.264 e. The second-order valence-electron chi connectivity index (χ2n) is 3.66. The van der Waals surface area contributed by atoms with Crippen LogP contribution in [0.2, 0.25) is 0 Å². The average molecular weight is 243 g/mol. The summed E-state index contributed by atoms with van der Waals surface area (Å²) in [6.07, 6.45) is 0. The third kappa shape index (κ3) is 2.81. The molecule has 0 fully saturated rings. The highest BCUT2D eigenvalue weighted by Crippen LogP contribution is 2.20. The van der Waals surface area contributed by atoms with Gasteiger partial charge in [0.2, 0.25) is 0 Å². The first-order chi connectivity index (χ1) is 7.38. The van der Waals surface area contributed by atoms with Gasteiger partial charge < -0.3 is 0 Å². The summed E-state index contributed by atoms with van der Waals surface area (Å²) in [6.45, 7) is 4.72. The van der Waals surface area contributed by atoms with E-state index in [4.69, 9.17) is 0 Å². The predicted octanol–water partition coefficient (Wildman–Crippen LogP) is 1.75. The molecule has 0 heterocycles. The first-order valence-corrected chi connectivity index (χ1v) is 6.34. The van der Waals surface area contributed by atoms with Crippen molar-refractivity contribution in [2.75, 3.05) is 13.2 Å². The van der Waals surface area contributed by atoms with E-state index in [9.17, 15) is 13.5 Å². The van der Waals surface area contributed by atoms with Gasteiger partial charge in [-0.25, -0.2) is 5.11 Å². The summed E-state index contributed by atoms with van der Waals surface area (Å²) in [6, 6.07) is 3.12. The van der Waals surface area contributed by atoms with Crippen LogP contribution in [0.3, 0.4) is 0 Å². The Morgan fingerprint density at radius 3 is 2.06 bits per heavy atom. The lowest BCUT2D eigenvalue weighted by Gasteiger charge is -2.09. The van der Waals surface area contributed by atoms with Gasteiger partial charge >= 0.3 is 0 Å². The fourth-order valence-electron chi connectivity index (χ4n) is 1.35. The number of rotatable bonds is 4. The van der Waals surface area contributed by atoms with Gasteiger partial charge in [0.1, 0.15) is 6.61 Å². The SMILES string of the molecule is Cc1cc(S(=O)(=O)OCC[O])cc(C)c1C. The number of aryl methyl sites for hydroxylation is 2. The summed E-state index contributed by atoms with van der Waals surface area (Å²) < 4.78 is 27.9. The second kappa shape index (κ2) is 4.95. The van der Waals surface area contributed by atoms with Crippen LogP contribution in [0, 0.1) is 20.8 Å². The first kappa shape index (κ1) is 13.2. The Morgan fingerprint density at radius 2 is 1.62 bits per heavy atom. The molecule has 0 spiro atoms. The average Bonchev–Trinajstić information content (AvgIpc) is 2.22. The van der Waals surface area contributed by atoms with Gasteiger partial charge in [-0.3, -0.25) is 4.18 Å². The van der Waals surface area contributed by atoms with Crippen molar-refractivity contribution < 1.29 is 17.7 Å². The van der Waals surface area contributed by atoms with Crippen LogP contribution in [0.4, 0.5) is 0 Å². The van der Waals surface area contributed by atoms with Gasteiger partial charge in [0, 0.05) is 0 Å². The van der Waals surface area contributed by atoms with Crippen LogP contribution >= 0.6 is 0 Å². The van der Waals surface area contributed by atoms with E-state index in [0.29, 0.717) is 0 Å². The summed E-state index contributed by atoms with van der Waals surface area (Å²) in [5.41, 5.74) is 2.84. The fourth-order valence-corrected chi connectivity index (χ4v) is 2.42. The molecule has 0 aromatic heterocycles. The lowest BCUT2D eigenvalue weighted by Crippen LogP contribution is -2.10. The highest BCUT2D eigenvalue weighted by molar-refractivity contribution is 7.86. The van der Waals surface area contributed by atoms with Crippen molar-refractivity contribution in [2.45, 2.75) is 25.7 Å².